The van der Waals surface area contributed by atoms with Crippen LogP contribution >= 0.6 is 0 Å². The van der Waals surface area contributed by atoms with Crippen molar-refractivity contribution in [1.29, 1.82) is 5.26 Å². The molecule has 1 aliphatic heterocycles. The van der Waals surface area contributed by atoms with E-state index in [9.17, 15) is 10.1 Å². The maximum absolute atomic E-state index is 13.1. The number of hydrogen-bond acceptors (Lipinski definition) is 4. The van der Waals surface area contributed by atoms with Crippen LogP contribution in [0.2, 0.25) is 0 Å². The molecule has 1 amide bonds. The fraction of sp³-hybridized carbons (Fsp3) is 0.273. The maximum Gasteiger partial charge on any atom is 0.271 e. The van der Waals surface area contributed by atoms with Crippen LogP contribution in [0.15, 0.2) is 48.5 Å². The third-order valence-electron chi connectivity index (χ3n) is 5.10. The maximum atomic E-state index is 13.1. The third-order valence-corrected chi connectivity index (χ3v) is 5.10. The first kappa shape index (κ1) is 17.9. The van der Waals surface area contributed by atoms with Gasteiger partial charge in [-0.15, -0.1) is 0 Å². The van der Waals surface area contributed by atoms with Crippen LogP contribution in [-0.4, -0.2) is 48.6 Å². The van der Waals surface area contributed by atoms with E-state index in [0.29, 0.717) is 31.0 Å². The topological polar surface area (TPSA) is 72.4 Å². The van der Waals surface area contributed by atoms with Crippen molar-refractivity contribution < 1.29 is 9.53 Å². The Balaban J connectivity index is 1.52. The summed E-state index contributed by atoms with van der Waals surface area (Å²) >= 11 is 0. The molecule has 0 unspecified atom stereocenters. The summed E-state index contributed by atoms with van der Waals surface area (Å²) in [6, 6.07) is 17.7. The van der Waals surface area contributed by atoms with Gasteiger partial charge in [-0.25, -0.2) is 0 Å². The van der Waals surface area contributed by atoms with Gasteiger partial charge in [0.05, 0.1) is 17.9 Å². The second kappa shape index (κ2) is 7.65. The van der Waals surface area contributed by atoms with E-state index in [1.54, 1.807) is 0 Å². The monoisotopic (exact) mass is 374 g/mol. The molecule has 6 nitrogen and oxygen atoms in total. The van der Waals surface area contributed by atoms with Crippen LogP contribution in [0.4, 0.5) is 5.69 Å². The highest BCUT2D eigenvalue weighted by Crippen LogP contribution is 2.29. The molecule has 4 rings (SSSR count). The number of anilines is 1. The molecule has 0 bridgehead atoms. The molecule has 0 saturated carbocycles. The van der Waals surface area contributed by atoms with Crippen LogP contribution < -0.4 is 9.64 Å². The standard InChI is InChI=1S/C22H22N4O2/c1-2-28-20-10-6-5-9-19(20)25-11-13-26(14-12-25)22(27)21-17(15-23)16-7-3-4-8-18(16)24-21/h3-10,24H,2,11-14H2,1H3. The number of ether oxygens (including phenoxy) is 1. The first-order valence-electron chi connectivity index (χ1n) is 9.49. The van der Waals surface area contributed by atoms with E-state index in [2.05, 4.69) is 16.0 Å². The average Bonchev–Trinajstić information content (AvgIpc) is 3.13. The SMILES string of the molecule is CCOc1ccccc1N1CCN(C(=O)c2[nH]c3ccccc3c2C#N)CC1. The van der Waals surface area contributed by atoms with Gasteiger partial charge in [0.25, 0.3) is 5.91 Å². The molecule has 2 aromatic carbocycles. The van der Waals surface area contributed by atoms with Gasteiger partial charge in [-0.3, -0.25) is 4.79 Å². The minimum Gasteiger partial charge on any atom is -0.492 e. The van der Waals surface area contributed by atoms with Gasteiger partial charge < -0.3 is 19.5 Å². The molecule has 3 aromatic rings. The molecule has 1 aliphatic rings. The number of nitrogens with zero attached hydrogens (tertiary/aromatic N) is 3. The van der Waals surface area contributed by atoms with E-state index < -0.39 is 0 Å². The Labute approximate surface area is 163 Å². The van der Waals surface area contributed by atoms with Crippen LogP contribution in [0.3, 0.4) is 0 Å². The van der Waals surface area contributed by atoms with Gasteiger partial charge in [-0.05, 0) is 25.1 Å². The van der Waals surface area contributed by atoms with Crippen molar-refractivity contribution in [3.8, 4) is 11.8 Å². The first-order valence-corrected chi connectivity index (χ1v) is 9.49. The minimum absolute atomic E-state index is 0.120. The van der Waals surface area contributed by atoms with E-state index in [0.717, 1.165) is 35.4 Å². The summed E-state index contributed by atoms with van der Waals surface area (Å²) in [5.41, 5.74) is 2.67. The zero-order valence-corrected chi connectivity index (χ0v) is 15.8. The summed E-state index contributed by atoms with van der Waals surface area (Å²) in [5.74, 6) is 0.748. The number of hydrogen-bond donors (Lipinski definition) is 1. The van der Waals surface area contributed by atoms with Crippen molar-refractivity contribution in [2.75, 3.05) is 37.7 Å². The van der Waals surface area contributed by atoms with Crippen LogP contribution in [0.5, 0.6) is 5.75 Å². The van der Waals surface area contributed by atoms with E-state index in [-0.39, 0.29) is 5.91 Å². The fourth-order valence-corrected chi connectivity index (χ4v) is 3.72. The average molecular weight is 374 g/mol. The number of para-hydroxylation sites is 3. The van der Waals surface area contributed by atoms with Crippen LogP contribution in [0.25, 0.3) is 10.9 Å². The highest BCUT2D eigenvalue weighted by Gasteiger charge is 2.27. The van der Waals surface area contributed by atoms with Crippen molar-refractivity contribution in [3.05, 3.63) is 59.8 Å². The van der Waals surface area contributed by atoms with Crippen molar-refractivity contribution in [3.63, 3.8) is 0 Å². The van der Waals surface area contributed by atoms with Crippen molar-refractivity contribution in [2.45, 2.75) is 6.92 Å². The summed E-state index contributed by atoms with van der Waals surface area (Å²) in [7, 11) is 0. The molecule has 1 aromatic heterocycles. The van der Waals surface area contributed by atoms with Gasteiger partial charge in [0, 0.05) is 37.1 Å². The molecule has 0 aliphatic carbocycles. The predicted molar refractivity (Wildman–Crippen MR) is 109 cm³/mol. The predicted octanol–water partition coefficient (Wildman–Crippen LogP) is 3.40. The lowest BCUT2D eigenvalue weighted by atomic mass is 10.1. The molecule has 0 radical (unpaired) electrons. The van der Waals surface area contributed by atoms with Gasteiger partial charge in [-0.1, -0.05) is 30.3 Å². The molecule has 28 heavy (non-hydrogen) atoms. The second-order valence-corrected chi connectivity index (χ2v) is 6.71. The van der Waals surface area contributed by atoms with E-state index in [1.165, 1.54) is 0 Å². The quantitative estimate of drug-likeness (QED) is 0.760. The van der Waals surface area contributed by atoms with E-state index >= 15 is 0 Å². The number of benzene rings is 2. The third kappa shape index (κ3) is 3.16. The minimum atomic E-state index is -0.120. The van der Waals surface area contributed by atoms with Gasteiger partial charge >= 0.3 is 0 Å². The number of nitriles is 1. The molecule has 2 heterocycles. The van der Waals surface area contributed by atoms with Gasteiger partial charge in [-0.2, -0.15) is 5.26 Å². The number of aromatic amines is 1. The molecule has 1 fully saturated rings. The Kier molecular flexibility index (Phi) is 4.90. The van der Waals surface area contributed by atoms with E-state index in [1.807, 2.05) is 60.4 Å². The Morgan fingerprint density at radius 2 is 1.82 bits per heavy atom. The first-order chi connectivity index (χ1) is 13.7. The zero-order chi connectivity index (χ0) is 19.5. The number of aromatic nitrogens is 1. The largest absolute Gasteiger partial charge is 0.492 e. The van der Waals surface area contributed by atoms with Crippen LogP contribution in [0, 0.1) is 11.3 Å². The smallest absolute Gasteiger partial charge is 0.271 e. The number of H-pyrrole nitrogens is 1. The number of amides is 1. The van der Waals surface area contributed by atoms with Crippen molar-refractivity contribution >= 4 is 22.5 Å². The summed E-state index contributed by atoms with van der Waals surface area (Å²) in [5, 5.41) is 10.4. The van der Waals surface area contributed by atoms with Crippen LogP contribution in [0.1, 0.15) is 23.0 Å². The molecular formula is C22H22N4O2. The highest BCUT2D eigenvalue weighted by atomic mass is 16.5. The summed E-state index contributed by atoms with van der Waals surface area (Å²) in [6.45, 7) is 5.22. The molecule has 0 atom stereocenters. The molecule has 1 N–H and O–H groups in total. The van der Waals surface area contributed by atoms with Crippen LogP contribution in [-0.2, 0) is 0 Å². The Morgan fingerprint density at radius 1 is 1.11 bits per heavy atom. The lowest BCUT2D eigenvalue weighted by Crippen LogP contribution is -2.49. The lowest BCUT2D eigenvalue weighted by molar-refractivity contribution is 0.0741. The van der Waals surface area contributed by atoms with Gasteiger partial charge in [0.15, 0.2) is 0 Å². The molecule has 1 saturated heterocycles. The van der Waals surface area contributed by atoms with Crippen molar-refractivity contribution in [2.24, 2.45) is 0 Å². The Morgan fingerprint density at radius 3 is 2.57 bits per heavy atom. The molecular weight excluding hydrogens is 352 g/mol. The van der Waals surface area contributed by atoms with E-state index in [4.69, 9.17) is 4.74 Å². The fourth-order valence-electron chi connectivity index (χ4n) is 3.72. The highest BCUT2D eigenvalue weighted by molar-refractivity contribution is 6.02. The lowest BCUT2D eigenvalue weighted by Gasteiger charge is -2.36. The number of carbonyl (C=O) groups excluding carboxylic acids is 1. The number of fused-ring (bicyclic) bond motifs is 1. The molecule has 0 spiro atoms. The number of piperazine rings is 1. The second-order valence-electron chi connectivity index (χ2n) is 6.71. The normalized spacial score (nSPS) is 14.1. The summed E-state index contributed by atoms with van der Waals surface area (Å²) in [6.07, 6.45) is 0. The summed E-state index contributed by atoms with van der Waals surface area (Å²) < 4.78 is 5.73. The van der Waals surface area contributed by atoms with Gasteiger partial charge in [0.1, 0.15) is 17.5 Å². The number of rotatable bonds is 4. The zero-order valence-electron chi connectivity index (χ0n) is 15.8. The number of carbonyl (C=O) groups is 1. The number of nitrogens with one attached hydrogen (secondary N) is 1. The van der Waals surface area contributed by atoms with Gasteiger partial charge in [0.2, 0.25) is 0 Å². The molecule has 142 valence electrons. The Bertz CT molecular complexity index is 1040. The Hall–Kier alpha value is -3.46. The van der Waals surface area contributed by atoms with Crippen molar-refractivity contribution in [1.82, 2.24) is 9.88 Å². The molecule has 6 heteroatoms. The summed E-state index contributed by atoms with van der Waals surface area (Å²) in [4.78, 5) is 20.2.